The van der Waals surface area contributed by atoms with Crippen LogP contribution in [-0.2, 0) is 6.54 Å². The van der Waals surface area contributed by atoms with Gasteiger partial charge in [-0.25, -0.2) is 0 Å². The maximum atomic E-state index is 5.28. The van der Waals surface area contributed by atoms with Crippen LogP contribution >= 0.6 is 0 Å². The maximum Gasteiger partial charge on any atom is 0.122 e. The molecule has 3 heteroatoms. The van der Waals surface area contributed by atoms with E-state index < -0.39 is 0 Å². The van der Waals surface area contributed by atoms with Gasteiger partial charge < -0.3 is 10.1 Å². The second-order valence-electron chi connectivity index (χ2n) is 6.36. The lowest BCUT2D eigenvalue weighted by Gasteiger charge is -2.25. The number of hydrogen-bond donors (Lipinski definition) is 1. The van der Waals surface area contributed by atoms with Crippen LogP contribution in [0.2, 0.25) is 0 Å². The Labute approximate surface area is 124 Å². The predicted octanol–water partition coefficient (Wildman–Crippen LogP) is 4.09. The SMILES string of the molecule is CCCCCC(C)(C)CNCc1cc(OC)cc(C)n1. The van der Waals surface area contributed by atoms with Crippen molar-refractivity contribution in [2.24, 2.45) is 5.41 Å². The third kappa shape index (κ3) is 6.38. The number of ether oxygens (including phenoxy) is 1. The number of methoxy groups -OCH3 is 1. The van der Waals surface area contributed by atoms with Crippen molar-refractivity contribution < 1.29 is 4.74 Å². The fraction of sp³-hybridized carbons (Fsp3) is 0.706. The summed E-state index contributed by atoms with van der Waals surface area (Å²) in [6.45, 7) is 10.7. The lowest BCUT2D eigenvalue weighted by atomic mass is 9.87. The van der Waals surface area contributed by atoms with Gasteiger partial charge in [-0.15, -0.1) is 0 Å². The minimum absolute atomic E-state index is 0.350. The van der Waals surface area contributed by atoms with Gasteiger partial charge in [0, 0.05) is 30.9 Å². The molecule has 1 aromatic rings. The van der Waals surface area contributed by atoms with Crippen LogP contribution in [0.25, 0.3) is 0 Å². The molecule has 0 saturated heterocycles. The summed E-state index contributed by atoms with van der Waals surface area (Å²) >= 11 is 0. The summed E-state index contributed by atoms with van der Waals surface area (Å²) in [5.41, 5.74) is 2.40. The van der Waals surface area contributed by atoms with Gasteiger partial charge in [-0.3, -0.25) is 4.98 Å². The highest BCUT2D eigenvalue weighted by atomic mass is 16.5. The lowest BCUT2D eigenvalue weighted by Crippen LogP contribution is -2.29. The first-order chi connectivity index (χ1) is 9.46. The number of aryl methyl sites for hydroxylation is 1. The first-order valence-electron chi connectivity index (χ1n) is 7.69. The quantitative estimate of drug-likeness (QED) is 0.691. The van der Waals surface area contributed by atoms with Crippen molar-refractivity contribution in [3.05, 3.63) is 23.5 Å². The first-order valence-corrected chi connectivity index (χ1v) is 7.69. The molecule has 0 amide bonds. The number of rotatable bonds is 9. The van der Waals surface area contributed by atoms with Gasteiger partial charge in [0.2, 0.25) is 0 Å². The standard InChI is InChI=1S/C17H30N2O/c1-6-7-8-9-17(3,4)13-18-12-15-11-16(20-5)10-14(2)19-15/h10-11,18H,6-9,12-13H2,1-5H3. The highest BCUT2D eigenvalue weighted by Crippen LogP contribution is 2.23. The van der Waals surface area contributed by atoms with Crippen molar-refractivity contribution in [1.29, 1.82) is 0 Å². The summed E-state index contributed by atoms with van der Waals surface area (Å²) in [7, 11) is 1.70. The Morgan fingerprint density at radius 3 is 2.65 bits per heavy atom. The van der Waals surface area contributed by atoms with Gasteiger partial charge in [0.25, 0.3) is 0 Å². The van der Waals surface area contributed by atoms with E-state index in [-0.39, 0.29) is 0 Å². The molecule has 0 spiro atoms. The van der Waals surface area contributed by atoms with Gasteiger partial charge in [0.05, 0.1) is 12.8 Å². The number of pyridine rings is 1. The number of hydrogen-bond acceptors (Lipinski definition) is 3. The van der Waals surface area contributed by atoms with Gasteiger partial charge in [-0.1, -0.05) is 40.0 Å². The molecule has 0 unspecified atom stereocenters. The lowest BCUT2D eigenvalue weighted by molar-refractivity contribution is 0.301. The number of aromatic nitrogens is 1. The average Bonchev–Trinajstić information content (AvgIpc) is 2.38. The Bertz CT molecular complexity index is 402. The van der Waals surface area contributed by atoms with E-state index >= 15 is 0 Å². The van der Waals surface area contributed by atoms with E-state index in [0.29, 0.717) is 5.41 Å². The fourth-order valence-corrected chi connectivity index (χ4v) is 2.38. The van der Waals surface area contributed by atoms with E-state index in [4.69, 9.17) is 4.74 Å². The zero-order valence-corrected chi connectivity index (χ0v) is 13.8. The van der Waals surface area contributed by atoms with E-state index in [1.54, 1.807) is 7.11 Å². The second-order valence-corrected chi connectivity index (χ2v) is 6.36. The Hall–Kier alpha value is -1.09. The van der Waals surface area contributed by atoms with E-state index in [0.717, 1.165) is 30.2 Å². The number of nitrogens with one attached hydrogen (secondary N) is 1. The minimum Gasteiger partial charge on any atom is -0.497 e. The molecule has 3 nitrogen and oxygen atoms in total. The van der Waals surface area contributed by atoms with Gasteiger partial charge in [-0.2, -0.15) is 0 Å². The van der Waals surface area contributed by atoms with Crippen LogP contribution in [0.4, 0.5) is 0 Å². The molecule has 0 bridgehead atoms. The fourth-order valence-electron chi connectivity index (χ4n) is 2.38. The molecular weight excluding hydrogens is 248 g/mol. The topological polar surface area (TPSA) is 34.1 Å². The highest BCUT2D eigenvalue weighted by molar-refractivity contribution is 5.26. The zero-order valence-electron chi connectivity index (χ0n) is 13.8. The molecule has 0 saturated carbocycles. The normalized spacial score (nSPS) is 11.7. The molecule has 0 aliphatic rings. The molecule has 20 heavy (non-hydrogen) atoms. The molecule has 1 heterocycles. The maximum absolute atomic E-state index is 5.28. The van der Waals surface area contributed by atoms with E-state index in [9.17, 15) is 0 Å². The van der Waals surface area contributed by atoms with Crippen molar-refractivity contribution in [3.8, 4) is 5.75 Å². The molecule has 0 aliphatic carbocycles. The van der Waals surface area contributed by atoms with Crippen molar-refractivity contribution >= 4 is 0 Å². The summed E-state index contributed by atoms with van der Waals surface area (Å²) in [6.07, 6.45) is 5.22. The second kappa shape index (κ2) is 8.25. The third-order valence-corrected chi connectivity index (χ3v) is 3.58. The summed E-state index contributed by atoms with van der Waals surface area (Å²) in [6, 6.07) is 3.96. The first kappa shape index (κ1) is 17.0. The summed E-state index contributed by atoms with van der Waals surface area (Å²) < 4.78 is 5.28. The van der Waals surface area contributed by atoms with E-state index in [1.807, 2.05) is 19.1 Å². The van der Waals surface area contributed by atoms with Crippen molar-refractivity contribution in [1.82, 2.24) is 10.3 Å². The molecule has 1 rings (SSSR count). The van der Waals surface area contributed by atoms with Crippen LogP contribution in [0, 0.1) is 12.3 Å². The van der Waals surface area contributed by atoms with Crippen LogP contribution in [0.1, 0.15) is 57.8 Å². The summed E-state index contributed by atoms with van der Waals surface area (Å²) in [4.78, 5) is 4.53. The Kier molecular flexibility index (Phi) is 7.00. The predicted molar refractivity (Wildman–Crippen MR) is 85.2 cm³/mol. The van der Waals surface area contributed by atoms with Crippen LogP contribution < -0.4 is 10.1 Å². The molecule has 0 aliphatic heterocycles. The molecule has 114 valence electrons. The van der Waals surface area contributed by atoms with Gasteiger partial charge in [0.15, 0.2) is 0 Å². The number of nitrogens with zero attached hydrogens (tertiary/aromatic N) is 1. The molecule has 0 aromatic carbocycles. The van der Waals surface area contributed by atoms with Crippen LogP contribution in [0.15, 0.2) is 12.1 Å². The summed E-state index contributed by atoms with van der Waals surface area (Å²) in [5, 5.41) is 3.53. The van der Waals surface area contributed by atoms with Gasteiger partial charge in [0.1, 0.15) is 5.75 Å². The van der Waals surface area contributed by atoms with E-state index in [1.165, 1.54) is 25.7 Å². The Morgan fingerprint density at radius 1 is 1.25 bits per heavy atom. The van der Waals surface area contributed by atoms with E-state index in [2.05, 4.69) is 31.1 Å². The minimum atomic E-state index is 0.350. The van der Waals surface area contributed by atoms with Gasteiger partial charge in [-0.05, 0) is 18.8 Å². The molecule has 0 atom stereocenters. The molecular formula is C17H30N2O. The molecule has 1 aromatic heterocycles. The Morgan fingerprint density at radius 2 is 2.00 bits per heavy atom. The Balaban J connectivity index is 2.41. The van der Waals surface area contributed by atoms with Crippen LogP contribution in [-0.4, -0.2) is 18.6 Å². The molecule has 1 N–H and O–H groups in total. The van der Waals surface area contributed by atoms with Crippen LogP contribution in [0.3, 0.4) is 0 Å². The van der Waals surface area contributed by atoms with Crippen molar-refractivity contribution in [3.63, 3.8) is 0 Å². The largest absolute Gasteiger partial charge is 0.497 e. The zero-order chi connectivity index (χ0) is 15.0. The molecule has 0 radical (unpaired) electrons. The summed E-state index contributed by atoms with van der Waals surface area (Å²) in [5.74, 6) is 0.886. The van der Waals surface area contributed by atoms with Crippen molar-refractivity contribution in [2.75, 3.05) is 13.7 Å². The molecule has 0 fully saturated rings. The van der Waals surface area contributed by atoms with Crippen LogP contribution in [0.5, 0.6) is 5.75 Å². The highest BCUT2D eigenvalue weighted by Gasteiger charge is 2.16. The smallest absolute Gasteiger partial charge is 0.122 e. The van der Waals surface area contributed by atoms with Crippen molar-refractivity contribution in [2.45, 2.75) is 59.9 Å². The van der Waals surface area contributed by atoms with Gasteiger partial charge >= 0.3 is 0 Å². The number of unbranched alkanes of at least 4 members (excludes halogenated alkanes) is 2. The average molecular weight is 278 g/mol. The monoisotopic (exact) mass is 278 g/mol. The third-order valence-electron chi connectivity index (χ3n) is 3.58.